The van der Waals surface area contributed by atoms with Crippen LogP contribution in [0.25, 0.3) is 0 Å². The first-order valence-corrected chi connectivity index (χ1v) is 14.1. The fraction of sp³-hybridized carbons (Fsp3) is 0.286. The van der Waals surface area contributed by atoms with Gasteiger partial charge in [0.1, 0.15) is 5.01 Å². The van der Waals surface area contributed by atoms with Crippen LogP contribution in [0.3, 0.4) is 0 Å². The molecule has 0 aliphatic carbocycles. The predicted octanol–water partition coefficient (Wildman–Crippen LogP) is 2.80. The average Bonchev–Trinajstić information content (AvgIpc) is 3.21. The van der Waals surface area contributed by atoms with E-state index in [9.17, 15) is 21.6 Å². The Hall–Kier alpha value is -2.67. The molecule has 0 aliphatic heterocycles. The van der Waals surface area contributed by atoms with E-state index < -0.39 is 25.8 Å². The van der Waals surface area contributed by atoms with E-state index >= 15 is 0 Å². The number of aryl methyl sites for hydroxylation is 1. The number of hydrogen-bond acceptors (Lipinski definition) is 8. The van der Waals surface area contributed by atoms with Crippen molar-refractivity contribution in [3.8, 4) is 0 Å². The summed E-state index contributed by atoms with van der Waals surface area (Å²) in [5, 5.41) is 11.2. The number of carbonyl (C=O) groups excluding carboxylic acids is 1. The van der Waals surface area contributed by atoms with Gasteiger partial charge in [0.2, 0.25) is 15.2 Å². The molecular weight excluding hydrogens is 484 g/mol. The molecule has 0 saturated carbocycles. The molecule has 3 aromatic rings. The van der Waals surface area contributed by atoms with E-state index in [4.69, 9.17) is 0 Å². The molecule has 33 heavy (non-hydrogen) atoms. The van der Waals surface area contributed by atoms with Gasteiger partial charge >= 0.3 is 0 Å². The van der Waals surface area contributed by atoms with E-state index in [2.05, 4.69) is 20.2 Å². The average molecular weight is 509 g/mol. The summed E-state index contributed by atoms with van der Waals surface area (Å²) in [7, 11) is -7.22. The first-order valence-electron chi connectivity index (χ1n) is 10.1. The molecule has 12 heteroatoms. The molecule has 0 unspecified atom stereocenters. The highest BCUT2D eigenvalue weighted by Crippen LogP contribution is 2.21. The lowest BCUT2D eigenvalue weighted by atomic mass is 10.2. The maximum absolute atomic E-state index is 12.7. The molecule has 2 N–H and O–H groups in total. The van der Waals surface area contributed by atoms with Gasteiger partial charge in [-0.05, 0) is 37.6 Å². The van der Waals surface area contributed by atoms with Gasteiger partial charge in [-0.1, -0.05) is 48.1 Å². The molecule has 0 aliphatic rings. The van der Waals surface area contributed by atoms with E-state index in [1.54, 1.807) is 31.2 Å². The second kappa shape index (κ2) is 10.5. The van der Waals surface area contributed by atoms with Crippen LogP contribution >= 0.6 is 11.3 Å². The van der Waals surface area contributed by atoms with Crippen LogP contribution in [-0.4, -0.2) is 45.2 Å². The SMILES string of the molecule is CCCS(=O)(=O)c1ccccc1C(=O)Nc1nnc(CCNS(=O)(=O)c2ccc(C)cc2)s1. The molecule has 0 spiro atoms. The molecule has 1 aromatic heterocycles. The second-order valence-corrected chi connectivity index (χ2v) is 12.1. The third kappa shape index (κ3) is 6.44. The summed E-state index contributed by atoms with van der Waals surface area (Å²) in [5.41, 5.74) is 0.997. The topological polar surface area (TPSA) is 135 Å². The van der Waals surface area contributed by atoms with Gasteiger partial charge in [0.25, 0.3) is 5.91 Å². The number of rotatable bonds is 10. The summed E-state index contributed by atoms with van der Waals surface area (Å²) >= 11 is 1.09. The second-order valence-electron chi connectivity index (χ2n) is 7.23. The number of carbonyl (C=O) groups is 1. The number of hydrogen-bond donors (Lipinski definition) is 2. The van der Waals surface area contributed by atoms with Gasteiger partial charge in [-0.3, -0.25) is 10.1 Å². The van der Waals surface area contributed by atoms with Crippen molar-refractivity contribution >= 4 is 42.2 Å². The number of nitrogens with one attached hydrogen (secondary N) is 2. The van der Waals surface area contributed by atoms with Crippen molar-refractivity contribution in [1.29, 1.82) is 0 Å². The van der Waals surface area contributed by atoms with Crippen LogP contribution in [0, 0.1) is 6.92 Å². The van der Waals surface area contributed by atoms with E-state index in [0.29, 0.717) is 11.4 Å². The van der Waals surface area contributed by atoms with E-state index in [1.807, 2.05) is 6.92 Å². The van der Waals surface area contributed by atoms with Crippen LogP contribution in [-0.2, 0) is 26.3 Å². The molecule has 0 radical (unpaired) electrons. The van der Waals surface area contributed by atoms with E-state index in [0.717, 1.165) is 16.9 Å². The van der Waals surface area contributed by atoms with Gasteiger partial charge in [0, 0.05) is 13.0 Å². The molecule has 176 valence electrons. The Morgan fingerprint density at radius 1 is 1.00 bits per heavy atom. The fourth-order valence-electron chi connectivity index (χ4n) is 2.97. The number of nitrogens with zero attached hydrogens (tertiary/aromatic N) is 2. The van der Waals surface area contributed by atoms with Crippen molar-refractivity contribution in [3.63, 3.8) is 0 Å². The fourth-order valence-corrected chi connectivity index (χ4v) is 6.27. The Kier molecular flexibility index (Phi) is 7.95. The van der Waals surface area contributed by atoms with Gasteiger partial charge in [-0.2, -0.15) is 0 Å². The number of benzene rings is 2. The maximum Gasteiger partial charge on any atom is 0.258 e. The van der Waals surface area contributed by atoms with Gasteiger partial charge in [-0.25, -0.2) is 21.6 Å². The monoisotopic (exact) mass is 508 g/mol. The van der Waals surface area contributed by atoms with Gasteiger partial charge in [-0.15, -0.1) is 10.2 Å². The van der Waals surface area contributed by atoms with Crippen LogP contribution < -0.4 is 10.0 Å². The number of aromatic nitrogens is 2. The summed E-state index contributed by atoms with van der Waals surface area (Å²) in [6.07, 6.45) is 0.714. The Bertz CT molecular complexity index is 1330. The zero-order valence-electron chi connectivity index (χ0n) is 18.1. The third-order valence-electron chi connectivity index (χ3n) is 4.59. The minimum absolute atomic E-state index is 0.0281. The van der Waals surface area contributed by atoms with Crippen LogP contribution in [0.1, 0.15) is 34.3 Å². The van der Waals surface area contributed by atoms with Crippen LogP contribution in [0.5, 0.6) is 0 Å². The summed E-state index contributed by atoms with van der Waals surface area (Å²) in [6, 6.07) is 12.5. The number of sulfone groups is 1. The third-order valence-corrected chi connectivity index (χ3v) is 8.94. The van der Waals surface area contributed by atoms with Crippen molar-refractivity contribution < 1.29 is 21.6 Å². The van der Waals surface area contributed by atoms with E-state index in [1.165, 1.54) is 24.3 Å². The normalized spacial score (nSPS) is 11.9. The summed E-state index contributed by atoms with van der Waals surface area (Å²) in [4.78, 5) is 12.8. The Morgan fingerprint density at radius 3 is 2.39 bits per heavy atom. The first kappa shape index (κ1) is 25.0. The lowest BCUT2D eigenvalue weighted by Crippen LogP contribution is -2.25. The van der Waals surface area contributed by atoms with Crippen molar-refractivity contribution in [2.75, 3.05) is 17.6 Å². The minimum atomic E-state index is -3.64. The lowest BCUT2D eigenvalue weighted by Gasteiger charge is -2.09. The van der Waals surface area contributed by atoms with E-state index in [-0.39, 0.29) is 39.2 Å². The van der Waals surface area contributed by atoms with Crippen LogP contribution in [0.15, 0.2) is 58.3 Å². The standard InChI is InChI=1S/C21H24N4O5S3/c1-3-14-32(27,28)18-7-5-4-6-17(18)20(26)23-21-25-24-19(31-21)12-13-22-33(29,30)16-10-8-15(2)9-11-16/h4-11,22H,3,12-14H2,1-2H3,(H,23,25,26). The lowest BCUT2D eigenvalue weighted by molar-refractivity contribution is 0.102. The quantitative estimate of drug-likeness (QED) is 0.430. The zero-order valence-corrected chi connectivity index (χ0v) is 20.6. The summed E-state index contributed by atoms with van der Waals surface area (Å²) in [5.74, 6) is -0.660. The predicted molar refractivity (Wildman–Crippen MR) is 127 cm³/mol. The molecule has 1 amide bonds. The highest BCUT2D eigenvalue weighted by atomic mass is 32.2. The smallest absolute Gasteiger partial charge is 0.258 e. The molecule has 1 heterocycles. The van der Waals surface area contributed by atoms with Crippen LogP contribution in [0.2, 0.25) is 0 Å². The Morgan fingerprint density at radius 2 is 1.70 bits per heavy atom. The van der Waals surface area contributed by atoms with Gasteiger partial charge < -0.3 is 0 Å². The molecule has 2 aromatic carbocycles. The largest absolute Gasteiger partial charge is 0.296 e. The van der Waals surface area contributed by atoms with Crippen molar-refractivity contribution in [2.45, 2.75) is 36.5 Å². The Labute approximate surface area is 197 Å². The van der Waals surface area contributed by atoms with Gasteiger partial charge in [0.15, 0.2) is 9.84 Å². The number of amides is 1. The van der Waals surface area contributed by atoms with Crippen molar-refractivity contribution in [3.05, 3.63) is 64.7 Å². The molecule has 0 saturated heterocycles. The minimum Gasteiger partial charge on any atom is -0.296 e. The number of anilines is 1. The summed E-state index contributed by atoms with van der Waals surface area (Å²) in [6.45, 7) is 3.74. The molecule has 9 nitrogen and oxygen atoms in total. The first-order chi connectivity index (χ1) is 15.6. The molecule has 3 rings (SSSR count). The zero-order chi connectivity index (χ0) is 24.1. The molecule has 0 bridgehead atoms. The van der Waals surface area contributed by atoms with Crippen molar-refractivity contribution in [1.82, 2.24) is 14.9 Å². The Balaban J connectivity index is 1.63. The highest BCUT2D eigenvalue weighted by Gasteiger charge is 2.22. The number of sulfonamides is 1. The van der Waals surface area contributed by atoms with Gasteiger partial charge in [0.05, 0.1) is 21.1 Å². The molecule has 0 atom stereocenters. The summed E-state index contributed by atoms with van der Waals surface area (Å²) < 4.78 is 52.2. The molecule has 0 fully saturated rings. The highest BCUT2D eigenvalue weighted by molar-refractivity contribution is 7.91. The molecular formula is C21H24N4O5S3. The van der Waals surface area contributed by atoms with Crippen molar-refractivity contribution in [2.24, 2.45) is 0 Å². The maximum atomic E-state index is 12.7. The van der Waals surface area contributed by atoms with Crippen LogP contribution in [0.4, 0.5) is 5.13 Å².